The van der Waals surface area contributed by atoms with Crippen LogP contribution in [0.5, 0.6) is 0 Å². The van der Waals surface area contributed by atoms with Gasteiger partial charge in [-0.25, -0.2) is 0 Å². The second-order valence-corrected chi connectivity index (χ2v) is 3.77. The van der Waals surface area contributed by atoms with Crippen LogP contribution in [-0.4, -0.2) is 21.3 Å². The quantitative estimate of drug-likeness (QED) is 0.517. The molecule has 16 heavy (non-hydrogen) atoms. The zero-order valence-electron chi connectivity index (χ0n) is 10.1. The molecule has 2 nitrogen and oxygen atoms in total. The molecule has 0 N–H and O–H groups in total. The molecular formula is C13H19BO2. The highest BCUT2D eigenvalue weighted by molar-refractivity contribution is 6.44. The lowest BCUT2D eigenvalue weighted by Gasteiger charge is -2.18. The van der Waals surface area contributed by atoms with Gasteiger partial charge in [0, 0.05) is 14.2 Å². The molecule has 0 radical (unpaired) electrons. The maximum atomic E-state index is 5.24. The SMILES string of the molecule is C=CCC(CB(OC)OC)c1ccccc1. The van der Waals surface area contributed by atoms with E-state index in [-0.39, 0.29) is 7.12 Å². The lowest BCUT2D eigenvalue weighted by Crippen LogP contribution is -2.21. The predicted octanol–water partition coefficient (Wildman–Crippen LogP) is 3.13. The van der Waals surface area contributed by atoms with Crippen LogP contribution in [0.2, 0.25) is 6.32 Å². The van der Waals surface area contributed by atoms with Crippen LogP contribution in [0.15, 0.2) is 43.0 Å². The Morgan fingerprint density at radius 1 is 1.25 bits per heavy atom. The molecular weight excluding hydrogens is 199 g/mol. The van der Waals surface area contributed by atoms with E-state index in [1.807, 2.05) is 12.1 Å². The molecule has 0 fully saturated rings. The maximum Gasteiger partial charge on any atom is 0.457 e. The smallest absolute Gasteiger partial charge is 0.414 e. The van der Waals surface area contributed by atoms with Crippen molar-refractivity contribution in [1.29, 1.82) is 0 Å². The molecule has 3 heteroatoms. The van der Waals surface area contributed by atoms with Crippen molar-refractivity contribution < 1.29 is 9.31 Å². The molecule has 0 bridgehead atoms. The molecule has 1 rings (SSSR count). The molecule has 0 saturated carbocycles. The van der Waals surface area contributed by atoms with Gasteiger partial charge in [0.15, 0.2) is 0 Å². The molecule has 0 aliphatic rings. The van der Waals surface area contributed by atoms with E-state index in [9.17, 15) is 0 Å². The van der Waals surface area contributed by atoms with Crippen molar-refractivity contribution in [1.82, 2.24) is 0 Å². The van der Waals surface area contributed by atoms with Gasteiger partial charge in [0.25, 0.3) is 0 Å². The number of hydrogen-bond donors (Lipinski definition) is 0. The summed E-state index contributed by atoms with van der Waals surface area (Å²) in [6.07, 6.45) is 3.73. The summed E-state index contributed by atoms with van der Waals surface area (Å²) < 4.78 is 10.5. The van der Waals surface area contributed by atoms with E-state index in [0.717, 1.165) is 12.7 Å². The second kappa shape index (κ2) is 7.26. The summed E-state index contributed by atoms with van der Waals surface area (Å²) in [5.74, 6) is 0.406. The zero-order valence-corrected chi connectivity index (χ0v) is 10.1. The Balaban J connectivity index is 2.71. The third-order valence-corrected chi connectivity index (χ3v) is 2.72. The molecule has 1 aromatic carbocycles. The zero-order chi connectivity index (χ0) is 11.8. The van der Waals surface area contributed by atoms with Gasteiger partial charge in [-0.15, -0.1) is 6.58 Å². The molecule has 86 valence electrons. The summed E-state index contributed by atoms with van der Waals surface area (Å²) in [5, 5.41) is 0. The van der Waals surface area contributed by atoms with Crippen LogP contribution in [0.25, 0.3) is 0 Å². The van der Waals surface area contributed by atoms with Crippen LogP contribution in [0.1, 0.15) is 17.9 Å². The van der Waals surface area contributed by atoms with Gasteiger partial charge in [-0.05, 0) is 24.2 Å². The minimum Gasteiger partial charge on any atom is -0.414 e. The lowest BCUT2D eigenvalue weighted by atomic mass is 9.73. The van der Waals surface area contributed by atoms with Gasteiger partial charge in [0.1, 0.15) is 0 Å². The Bertz CT molecular complexity index is 296. The first-order chi connectivity index (χ1) is 7.81. The molecule has 0 spiro atoms. The van der Waals surface area contributed by atoms with Gasteiger partial charge >= 0.3 is 7.12 Å². The Hall–Kier alpha value is -1.06. The van der Waals surface area contributed by atoms with Crippen LogP contribution < -0.4 is 0 Å². The topological polar surface area (TPSA) is 18.5 Å². The van der Waals surface area contributed by atoms with Gasteiger partial charge in [-0.3, -0.25) is 0 Å². The standard InChI is InChI=1S/C13H19BO2/c1-4-8-13(11-14(15-2)16-3)12-9-6-5-7-10-12/h4-7,9-10,13H,1,8,11H2,2-3H3. The monoisotopic (exact) mass is 218 g/mol. The Labute approximate surface area is 98.4 Å². The molecule has 1 aromatic rings. The van der Waals surface area contributed by atoms with E-state index in [0.29, 0.717) is 5.92 Å². The molecule has 0 aromatic heterocycles. The van der Waals surface area contributed by atoms with Crippen molar-refractivity contribution in [2.75, 3.05) is 14.2 Å². The van der Waals surface area contributed by atoms with Gasteiger partial charge in [-0.2, -0.15) is 0 Å². The Morgan fingerprint density at radius 2 is 1.88 bits per heavy atom. The van der Waals surface area contributed by atoms with Gasteiger partial charge in [-0.1, -0.05) is 36.4 Å². The minimum absolute atomic E-state index is 0.148. The van der Waals surface area contributed by atoms with Crippen LogP contribution in [0, 0.1) is 0 Å². The normalized spacial score (nSPS) is 12.1. The molecule has 0 aliphatic carbocycles. The summed E-state index contributed by atoms with van der Waals surface area (Å²) in [6.45, 7) is 3.80. The van der Waals surface area contributed by atoms with E-state index in [2.05, 4.69) is 30.8 Å². The van der Waals surface area contributed by atoms with E-state index in [1.165, 1.54) is 5.56 Å². The highest BCUT2D eigenvalue weighted by atomic mass is 16.6. The number of benzene rings is 1. The van der Waals surface area contributed by atoms with E-state index >= 15 is 0 Å². The fraction of sp³-hybridized carbons (Fsp3) is 0.385. The van der Waals surface area contributed by atoms with Gasteiger partial charge in [0.05, 0.1) is 0 Å². The van der Waals surface area contributed by atoms with E-state index in [1.54, 1.807) is 14.2 Å². The van der Waals surface area contributed by atoms with Crippen molar-refractivity contribution in [3.8, 4) is 0 Å². The Morgan fingerprint density at radius 3 is 2.38 bits per heavy atom. The van der Waals surface area contributed by atoms with Crippen molar-refractivity contribution >= 4 is 7.12 Å². The highest BCUT2D eigenvalue weighted by Crippen LogP contribution is 2.25. The van der Waals surface area contributed by atoms with Gasteiger partial charge < -0.3 is 9.31 Å². The number of rotatable bonds is 7. The van der Waals surface area contributed by atoms with Crippen molar-refractivity contribution in [3.05, 3.63) is 48.6 Å². The Kier molecular flexibility index (Phi) is 5.90. The van der Waals surface area contributed by atoms with E-state index in [4.69, 9.17) is 9.31 Å². The van der Waals surface area contributed by atoms with Crippen LogP contribution in [0.3, 0.4) is 0 Å². The van der Waals surface area contributed by atoms with Crippen LogP contribution in [-0.2, 0) is 9.31 Å². The van der Waals surface area contributed by atoms with Crippen molar-refractivity contribution in [2.45, 2.75) is 18.7 Å². The summed E-state index contributed by atoms with van der Waals surface area (Å²) in [4.78, 5) is 0. The van der Waals surface area contributed by atoms with Crippen LogP contribution in [0.4, 0.5) is 0 Å². The van der Waals surface area contributed by atoms with Crippen molar-refractivity contribution in [2.24, 2.45) is 0 Å². The average molecular weight is 218 g/mol. The molecule has 0 heterocycles. The predicted molar refractivity (Wildman–Crippen MR) is 68.6 cm³/mol. The third-order valence-electron chi connectivity index (χ3n) is 2.72. The lowest BCUT2D eigenvalue weighted by molar-refractivity contribution is 0.274. The first-order valence-electron chi connectivity index (χ1n) is 5.53. The molecule has 0 aliphatic heterocycles. The largest absolute Gasteiger partial charge is 0.457 e. The number of hydrogen-bond acceptors (Lipinski definition) is 2. The van der Waals surface area contributed by atoms with E-state index < -0.39 is 0 Å². The minimum atomic E-state index is -0.148. The summed E-state index contributed by atoms with van der Waals surface area (Å²) in [7, 11) is 3.19. The maximum absolute atomic E-state index is 5.24. The second-order valence-electron chi connectivity index (χ2n) is 3.77. The molecule has 0 saturated heterocycles. The third kappa shape index (κ3) is 3.84. The summed E-state index contributed by atoms with van der Waals surface area (Å²) in [5.41, 5.74) is 1.31. The molecule has 0 amide bonds. The van der Waals surface area contributed by atoms with Gasteiger partial charge in [0.2, 0.25) is 0 Å². The first kappa shape index (κ1) is 13.0. The molecule has 1 unspecified atom stereocenters. The highest BCUT2D eigenvalue weighted by Gasteiger charge is 2.21. The summed E-state index contributed by atoms with van der Waals surface area (Å²) >= 11 is 0. The van der Waals surface area contributed by atoms with Crippen molar-refractivity contribution in [3.63, 3.8) is 0 Å². The fourth-order valence-corrected chi connectivity index (χ4v) is 1.82. The molecule has 1 atom stereocenters. The van der Waals surface area contributed by atoms with Crippen LogP contribution >= 0.6 is 0 Å². The average Bonchev–Trinajstić information content (AvgIpc) is 2.35. The summed E-state index contributed by atoms with van der Waals surface area (Å²) in [6, 6.07) is 10.4. The fourth-order valence-electron chi connectivity index (χ4n) is 1.82. The number of allylic oxidation sites excluding steroid dienone is 1. The first-order valence-corrected chi connectivity index (χ1v) is 5.53.